The Morgan fingerprint density at radius 1 is 0.864 bits per heavy atom. The van der Waals surface area contributed by atoms with Crippen molar-refractivity contribution in [1.82, 2.24) is 5.10 Å². The van der Waals surface area contributed by atoms with Crippen molar-refractivity contribution in [3.8, 4) is 5.75 Å². The van der Waals surface area contributed by atoms with E-state index in [0.717, 1.165) is 22.1 Å². The standard InChI is InChI=1S/C18H13N3O/c22-17-11-4-3-9-15(17)19-18-13-7-1-2-8-14(13)20-21-12-6-5-10-16(18)21/h1-12,20H/p+1. The number of phenolic OH excluding ortho intramolecular Hbond substituents is 1. The van der Waals surface area contributed by atoms with Gasteiger partial charge in [-0.3, -0.25) is 0 Å². The van der Waals surface area contributed by atoms with Crippen LogP contribution in [-0.2, 0) is 0 Å². The van der Waals surface area contributed by atoms with Crippen LogP contribution in [0, 0.1) is 0 Å². The van der Waals surface area contributed by atoms with Gasteiger partial charge in [0.1, 0.15) is 17.0 Å². The van der Waals surface area contributed by atoms with Gasteiger partial charge < -0.3 is 10.4 Å². The largest absolute Gasteiger partial charge is 0.506 e. The first-order chi connectivity index (χ1) is 10.8. The van der Waals surface area contributed by atoms with Gasteiger partial charge in [-0.2, -0.15) is 0 Å². The van der Waals surface area contributed by atoms with E-state index in [2.05, 4.69) is 10.4 Å². The fraction of sp³-hybridized carbons (Fsp3) is 0. The van der Waals surface area contributed by atoms with Crippen LogP contribution in [0.25, 0.3) is 16.4 Å². The van der Waals surface area contributed by atoms with Gasteiger partial charge in [0.25, 0.3) is 5.52 Å². The SMILES string of the molecule is Oc1ccccc1Nc1c2ccccc2n[n+]2ccccc12. The van der Waals surface area contributed by atoms with E-state index in [1.54, 1.807) is 12.1 Å². The normalized spacial score (nSPS) is 10.9. The zero-order valence-corrected chi connectivity index (χ0v) is 11.8. The van der Waals surface area contributed by atoms with E-state index in [0.29, 0.717) is 5.69 Å². The number of phenols is 1. The van der Waals surface area contributed by atoms with Crippen LogP contribution in [0.15, 0.2) is 72.9 Å². The number of fused-ring (bicyclic) bond motifs is 2. The van der Waals surface area contributed by atoms with Crippen molar-refractivity contribution in [3.63, 3.8) is 0 Å². The molecule has 0 saturated carbocycles. The summed E-state index contributed by atoms with van der Waals surface area (Å²) >= 11 is 0. The smallest absolute Gasteiger partial charge is 0.262 e. The molecule has 0 amide bonds. The molecular weight excluding hydrogens is 274 g/mol. The first-order valence-electron chi connectivity index (χ1n) is 7.07. The van der Waals surface area contributed by atoms with Crippen LogP contribution < -0.4 is 9.83 Å². The van der Waals surface area contributed by atoms with Gasteiger partial charge >= 0.3 is 0 Å². The number of hydrogen-bond acceptors (Lipinski definition) is 3. The summed E-state index contributed by atoms with van der Waals surface area (Å²) in [5.74, 6) is 0.220. The lowest BCUT2D eigenvalue weighted by molar-refractivity contribution is -0.577. The quantitative estimate of drug-likeness (QED) is 0.337. The van der Waals surface area contributed by atoms with E-state index in [4.69, 9.17) is 0 Å². The molecule has 2 aromatic heterocycles. The van der Waals surface area contributed by atoms with Crippen molar-refractivity contribution in [2.45, 2.75) is 0 Å². The molecule has 0 saturated heterocycles. The average molecular weight is 288 g/mol. The molecular formula is C18H14N3O+. The highest BCUT2D eigenvalue weighted by molar-refractivity contribution is 5.99. The van der Waals surface area contributed by atoms with Crippen molar-refractivity contribution in [2.75, 3.05) is 5.32 Å². The maximum absolute atomic E-state index is 10.0. The second kappa shape index (κ2) is 5.00. The Kier molecular flexibility index (Phi) is 2.86. The fourth-order valence-electron chi connectivity index (χ4n) is 2.59. The summed E-state index contributed by atoms with van der Waals surface area (Å²) in [7, 11) is 0. The van der Waals surface area contributed by atoms with Gasteiger partial charge in [-0.05, 0) is 28.8 Å². The van der Waals surface area contributed by atoms with Crippen LogP contribution in [0.4, 0.5) is 11.4 Å². The molecule has 4 heteroatoms. The third-order valence-electron chi connectivity index (χ3n) is 3.65. The van der Waals surface area contributed by atoms with E-state index < -0.39 is 0 Å². The molecule has 0 unspecified atom stereocenters. The predicted molar refractivity (Wildman–Crippen MR) is 86.3 cm³/mol. The predicted octanol–water partition coefficient (Wildman–Crippen LogP) is 3.42. The number of hydrogen-bond donors (Lipinski definition) is 2. The summed E-state index contributed by atoms with van der Waals surface area (Å²) in [5.41, 5.74) is 3.44. The first kappa shape index (κ1) is 12.6. The molecule has 4 nitrogen and oxygen atoms in total. The molecule has 0 fully saturated rings. The molecule has 2 N–H and O–H groups in total. The molecule has 0 spiro atoms. The van der Waals surface area contributed by atoms with Gasteiger partial charge in [-0.1, -0.05) is 30.3 Å². The van der Waals surface area contributed by atoms with Gasteiger partial charge in [0.2, 0.25) is 6.20 Å². The Balaban J connectivity index is 2.02. The minimum absolute atomic E-state index is 0.220. The third-order valence-corrected chi connectivity index (χ3v) is 3.65. The summed E-state index contributed by atoms with van der Waals surface area (Å²) in [6.07, 6.45) is 1.91. The van der Waals surface area contributed by atoms with Crippen molar-refractivity contribution < 1.29 is 9.62 Å². The second-order valence-electron chi connectivity index (χ2n) is 5.06. The number of aromatic hydroxyl groups is 1. The van der Waals surface area contributed by atoms with Gasteiger partial charge in [-0.15, -0.1) is 0 Å². The molecule has 0 aliphatic heterocycles. The summed E-state index contributed by atoms with van der Waals surface area (Å²) in [5, 5.41) is 19.0. The molecule has 0 atom stereocenters. The Hall–Kier alpha value is -3.14. The molecule has 0 bridgehead atoms. The molecule has 22 heavy (non-hydrogen) atoms. The van der Waals surface area contributed by atoms with E-state index in [9.17, 15) is 5.11 Å². The molecule has 0 aliphatic rings. The van der Waals surface area contributed by atoms with E-state index in [-0.39, 0.29) is 5.75 Å². The van der Waals surface area contributed by atoms with Crippen LogP contribution in [0.3, 0.4) is 0 Å². The number of pyridine rings is 1. The van der Waals surface area contributed by atoms with Gasteiger partial charge in [0.05, 0.1) is 5.69 Å². The van der Waals surface area contributed by atoms with Gasteiger partial charge in [0, 0.05) is 22.6 Å². The number of anilines is 2. The zero-order chi connectivity index (χ0) is 14.9. The average Bonchev–Trinajstić information content (AvgIpc) is 2.56. The maximum Gasteiger partial charge on any atom is 0.262 e. The maximum atomic E-state index is 10.0. The highest BCUT2D eigenvalue weighted by atomic mass is 16.3. The zero-order valence-electron chi connectivity index (χ0n) is 11.8. The Morgan fingerprint density at radius 3 is 2.55 bits per heavy atom. The lowest BCUT2D eigenvalue weighted by atomic mass is 10.1. The molecule has 4 rings (SSSR count). The monoisotopic (exact) mass is 288 g/mol. The van der Waals surface area contributed by atoms with Crippen LogP contribution in [0.2, 0.25) is 0 Å². The minimum Gasteiger partial charge on any atom is -0.506 e. The van der Waals surface area contributed by atoms with Crippen LogP contribution in [0.1, 0.15) is 0 Å². The van der Waals surface area contributed by atoms with Crippen molar-refractivity contribution in [1.29, 1.82) is 0 Å². The molecule has 106 valence electrons. The molecule has 2 aromatic carbocycles. The Morgan fingerprint density at radius 2 is 1.64 bits per heavy atom. The highest BCUT2D eigenvalue weighted by Gasteiger charge is 2.16. The lowest BCUT2D eigenvalue weighted by Crippen LogP contribution is -2.26. The van der Waals surface area contributed by atoms with Gasteiger partial charge in [0.15, 0.2) is 0 Å². The highest BCUT2D eigenvalue weighted by Crippen LogP contribution is 2.31. The number of benzene rings is 2. The van der Waals surface area contributed by atoms with Crippen molar-refractivity contribution in [2.24, 2.45) is 0 Å². The van der Waals surface area contributed by atoms with Gasteiger partial charge in [-0.25, -0.2) is 0 Å². The van der Waals surface area contributed by atoms with Crippen molar-refractivity contribution >= 4 is 27.8 Å². The Labute approximate surface area is 127 Å². The third kappa shape index (κ3) is 2.02. The van der Waals surface area contributed by atoms with Crippen molar-refractivity contribution in [3.05, 3.63) is 72.9 Å². The van der Waals surface area contributed by atoms with Crippen LogP contribution in [0.5, 0.6) is 5.75 Å². The molecule has 2 heterocycles. The molecule has 4 aromatic rings. The first-order valence-corrected chi connectivity index (χ1v) is 7.07. The topological polar surface area (TPSA) is 49.2 Å². The summed E-state index contributed by atoms with van der Waals surface area (Å²) in [6, 6.07) is 21.1. The number of nitrogens with zero attached hydrogens (tertiary/aromatic N) is 2. The summed E-state index contributed by atoms with van der Waals surface area (Å²) < 4.78 is 1.84. The Bertz CT molecular complexity index is 928. The van der Waals surface area contributed by atoms with Crippen LogP contribution >= 0.6 is 0 Å². The molecule has 0 radical (unpaired) electrons. The van der Waals surface area contributed by atoms with E-state index in [1.807, 2.05) is 65.3 Å². The lowest BCUT2D eigenvalue weighted by Gasteiger charge is -2.10. The summed E-state index contributed by atoms with van der Waals surface area (Å²) in [6.45, 7) is 0. The van der Waals surface area contributed by atoms with E-state index in [1.165, 1.54) is 0 Å². The number of rotatable bonds is 2. The van der Waals surface area contributed by atoms with Crippen LogP contribution in [-0.4, -0.2) is 10.2 Å². The summed E-state index contributed by atoms with van der Waals surface area (Å²) in [4.78, 5) is 0. The number of aromatic nitrogens is 2. The fourth-order valence-corrected chi connectivity index (χ4v) is 2.59. The van der Waals surface area contributed by atoms with E-state index >= 15 is 0 Å². The minimum atomic E-state index is 0.220. The second-order valence-corrected chi connectivity index (χ2v) is 5.06. The number of nitrogens with one attached hydrogen (secondary N) is 1. The molecule has 0 aliphatic carbocycles. The number of para-hydroxylation sites is 2.